The van der Waals surface area contributed by atoms with Crippen molar-refractivity contribution in [1.29, 1.82) is 0 Å². The third-order valence-corrected chi connectivity index (χ3v) is 1.91. The highest BCUT2D eigenvalue weighted by atomic mass is 16.5. The lowest BCUT2D eigenvalue weighted by Crippen LogP contribution is -1.96. The Morgan fingerprint density at radius 2 is 2.14 bits per heavy atom. The molecule has 0 unspecified atom stereocenters. The summed E-state index contributed by atoms with van der Waals surface area (Å²) >= 11 is 0. The van der Waals surface area contributed by atoms with Gasteiger partial charge in [-0.15, -0.1) is 0 Å². The van der Waals surface area contributed by atoms with Gasteiger partial charge in [0.2, 0.25) is 0 Å². The molecular weight excluding hydrogens is 176 g/mol. The number of hydrogen-bond acceptors (Lipinski definition) is 3. The first-order valence-corrected chi connectivity index (χ1v) is 4.21. The van der Waals surface area contributed by atoms with E-state index in [0.717, 1.165) is 11.1 Å². The third kappa shape index (κ3) is 1.88. The highest BCUT2D eigenvalue weighted by Crippen LogP contribution is 2.28. The lowest BCUT2D eigenvalue weighted by molar-refractivity contribution is 0.414. The minimum atomic E-state index is 0.626. The van der Waals surface area contributed by atoms with E-state index in [2.05, 4.69) is 6.58 Å². The first-order chi connectivity index (χ1) is 6.72. The van der Waals surface area contributed by atoms with Crippen LogP contribution < -0.4 is 16.2 Å². The Morgan fingerprint density at radius 3 is 2.64 bits per heavy atom. The van der Waals surface area contributed by atoms with Crippen molar-refractivity contribution in [2.75, 3.05) is 12.8 Å². The standard InChI is InChI=1S/C11H14N2O/c1-3-8-6-10(13)9(4-5-12)11(7-8)14-2/h3-7H,1,12-13H2,2H3/b5-4-. The summed E-state index contributed by atoms with van der Waals surface area (Å²) < 4.78 is 5.19. The Labute approximate surface area is 83.7 Å². The van der Waals surface area contributed by atoms with Crippen LogP contribution in [0.2, 0.25) is 0 Å². The zero-order chi connectivity index (χ0) is 10.6. The first-order valence-electron chi connectivity index (χ1n) is 4.21. The van der Waals surface area contributed by atoms with Crippen LogP contribution in [-0.2, 0) is 0 Å². The molecule has 0 bridgehead atoms. The maximum absolute atomic E-state index is 5.82. The summed E-state index contributed by atoms with van der Waals surface area (Å²) in [5.74, 6) is 0.696. The molecule has 1 rings (SSSR count). The predicted octanol–water partition coefficient (Wildman–Crippen LogP) is 1.85. The summed E-state index contributed by atoms with van der Waals surface area (Å²) in [6.45, 7) is 3.67. The fourth-order valence-corrected chi connectivity index (χ4v) is 1.23. The van der Waals surface area contributed by atoms with Gasteiger partial charge in [-0.05, 0) is 30.0 Å². The first kappa shape index (κ1) is 10.2. The van der Waals surface area contributed by atoms with Gasteiger partial charge in [0.05, 0.1) is 7.11 Å². The van der Waals surface area contributed by atoms with E-state index in [1.807, 2.05) is 12.1 Å². The van der Waals surface area contributed by atoms with Crippen molar-refractivity contribution >= 4 is 17.8 Å². The predicted molar refractivity (Wildman–Crippen MR) is 60.7 cm³/mol. The van der Waals surface area contributed by atoms with Crippen molar-refractivity contribution in [3.63, 3.8) is 0 Å². The number of ether oxygens (including phenoxy) is 1. The van der Waals surface area contributed by atoms with E-state index in [4.69, 9.17) is 16.2 Å². The molecule has 0 amide bonds. The van der Waals surface area contributed by atoms with Crippen LogP contribution in [0.5, 0.6) is 5.75 Å². The van der Waals surface area contributed by atoms with Gasteiger partial charge in [0.15, 0.2) is 0 Å². The zero-order valence-corrected chi connectivity index (χ0v) is 8.16. The smallest absolute Gasteiger partial charge is 0.128 e. The third-order valence-electron chi connectivity index (χ3n) is 1.91. The minimum Gasteiger partial charge on any atom is -0.496 e. The Balaban J connectivity index is 3.33. The number of rotatable bonds is 3. The molecule has 0 aliphatic rings. The number of methoxy groups -OCH3 is 1. The van der Waals surface area contributed by atoms with Crippen molar-refractivity contribution in [3.8, 4) is 5.75 Å². The van der Waals surface area contributed by atoms with Gasteiger partial charge in [0, 0.05) is 11.3 Å². The highest BCUT2D eigenvalue weighted by molar-refractivity contribution is 5.73. The number of benzene rings is 1. The molecule has 3 heteroatoms. The lowest BCUT2D eigenvalue weighted by Gasteiger charge is -2.09. The maximum atomic E-state index is 5.82. The topological polar surface area (TPSA) is 61.3 Å². The Kier molecular flexibility index (Phi) is 3.18. The number of hydrogen-bond donors (Lipinski definition) is 2. The molecule has 0 atom stereocenters. The summed E-state index contributed by atoms with van der Waals surface area (Å²) in [5.41, 5.74) is 13.5. The van der Waals surface area contributed by atoms with Gasteiger partial charge in [-0.1, -0.05) is 12.7 Å². The van der Waals surface area contributed by atoms with Crippen molar-refractivity contribution in [3.05, 3.63) is 36.0 Å². The quantitative estimate of drug-likeness (QED) is 0.715. The molecule has 1 aromatic carbocycles. The van der Waals surface area contributed by atoms with Crippen LogP contribution >= 0.6 is 0 Å². The molecule has 0 aliphatic heterocycles. The van der Waals surface area contributed by atoms with E-state index in [1.165, 1.54) is 6.20 Å². The fraction of sp³-hybridized carbons (Fsp3) is 0.0909. The summed E-state index contributed by atoms with van der Waals surface area (Å²) in [6, 6.07) is 3.68. The van der Waals surface area contributed by atoms with Gasteiger partial charge >= 0.3 is 0 Å². The van der Waals surface area contributed by atoms with Gasteiger partial charge in [-0.2, -0.15) is 0 Å². The minimum absolute atomic E-state index is 0.626. The monoisotopic (exact) mass is 190 g/mol. The van der Waals surface area contributed by atoms with E-state index in [0.29, 0.717) is 11.4 Å². The van der Waals surface area contributed by atoms with E-state index in [-0.39, 0.29) is 0 Å². The molecule has 0 saturated heterocycles. The Morgan fingerprint density at radius 1 is 1.43 bits per heavy atom. The molecule has 0 saturated carbocycles. The molecule has 0 spiro atoms. The molecule has 0 aromatic heterocycles. The molecule has 0 aliphatic carbocycles. The van der Waals surface area contributed by atoms with Crippen LogP contribution in [0.25, 0.3) is 12.2 Å². The van der Waals surface area contributed by atoms with Crippen LogP contribution in [0.4, 0.5) is 5.69 Å². The maximum Gasteiger partial charge on any atom is 0.128 e. The summed E-state index contributed by atoms with van der Waals surface area (Å²) in [5, 5.41) is 0. The van der Waals surface area contributed by atoms with Crippen molar-refractivity contribution in [2.24, 2.45) is 5.73 Å². The van der Waals surface area contributed by atoms with Gasteiger partial charge < -0.3 is 16.2 Å². The van der Waals surface area contributed by atoms with Gasteiger partial charge in [0.1, 0.15) is 5.75 Å². The van der Waals surface area contributed by atoms with E-state index >= 15 is 0 Å². The largest absolute Gasteiger partial charge is 0.496 e. The number of nitrogen functional groups attached to an aromatic ring is 1. The average molecular weight is 190 g/mol. The fourth-order valence-electron chi connectivity index (χ4n) is 1.23. The summed E-state index contributed by atoms with van der Waals surface area (Å²) in [4.78, 5) is 0. The molecule has 14 heavy (non-hydrogen) atoms. The van der Waals surface area contributed by atoms with Crippen LogP contribution in [0.15, 0.2) is 24.9 Å². The second-order valence-corrected chi connectivity index (χ2v) is 2.79. The summed E-state index contributed by atoms with van der Waals surface area (Å²) in [7, 11) is 1.59. The van der Waals surface area contributed by atoms with E-state index < -0.39 is 0 Å². The molecule has 4 N–H and O–H groups in total. The van der Waals surface area contributed by atoms with Gasteiger partial charge in [-0.25, -0.2) is 0 Å². The SMILES string of the molecule is C=Cc1cc(N)c(/C=C\N)c(OC)c1. The lowest BCUT2D eigenvalue weighted by atomic mass is 10.1. The van der Waals surface area contributed by atoms with E-state index in [1.54, 1.807) is 19.3 Å². The van der Waals surface area contributed by atoms with Gasteiger partial charge in [-0.3, -0.25) is 0 Å². The molecule has 3 nitrogen and oxygen atoms in total. The molecular formula is C11H14N2O. The summed E-state index contributed by atoms with van der Waals surface area (Å²) in [6.07, 6.45) is 4.86. The molecule has 1 aromatic rings. The molecule has 0 heterocycles. The Hall–Kier alpha value is -1.90. The second-order valence-electron chi connectivity index (χ2n) is 2.79. The van der Waals surface area contributed by atoms with Crippen LogP contribution in [0.3, 0.4) is 0 Å². The highest BCUT2D eigenvalue weighted by Gasteiger charge is 2.05. The van der Waals surface area contributed by atoms with Crippen molar-refractivity contribution in [1.82, 2.24) is 0 Å². The molecule has 0 radical (unpaired) electrons. The van der Waals surface area contributed by atoms with Crippen molar-refractivity contribution < 1.29 is 4.74 Å². The van der Waals surface area contributed by atoms with Crippen LogP contribution in [-0.4, -0.2) is 7.11 Å². The number of nitrogens with two attached hydrogens (primary N) is 2. The van der Waals surface area contributed by atoms with E-state index in [9.17, 15) is 0 Å². The van der Waals surface area contributed by atoms with Crippen LogP contribution in [0.1, 0.15) is 11.1 Å². The molecule has 0 fully saturated rings. The zero-order valence-electron chi connectivity index (χ0n) is 8.16. The average Bonchev–Trinajstić information content (AvgIpc) is 2.20. The van der Waals surface area contributed by atoms with Gasteiger partial charge in [0.25, 0.3) is 0 Å². The molecule has 74 valence electrons. The normalized spacial score (nSPS) is 10.4. The number of anilines is 1. The Bertz CT molecular complexity index is 370. The van der Waals surface area contributed by atoms with Crippen molar-refractivity contribution in [2.45, 2.75) is 0 Å². The second kappa shape index (κ2) is 4.37. The van der Waals surface area contributed by atoms with Crippen LogP contribution in [0, 0.1) is 0 Å².